The van der Waals surface area contributed by atoms with Crippen LogP contribution in [0.4, 0.5) is 0 Å². The number of hydrogen-bond donors (Lipinski definition) is 1. The van der Waals surface area contributed by atoms with E-state index in [4.69, 9.17) is 4.74 Å². The molecule has 0 amide bonds. The van der Waals surface area contributed by atoms with E-state index in [1.54, 1.807) is 0 Å². The highest BCUT2D eigenvalue weighted by Crippen LogP contribution is 2.16. The van der Waals surface area contributed by atoms with E-state index in [-0.39, 0.29) is 0 Å². The highest BCUT2D eigenvalue weighted by atomic mass is 16.5. The molecule has 0 unspecified atom stereocenters. The fourth-order valence-electron chi connectivity index (χ4n) is 1.91. The van der Waals surface area contributed by atoms with Crippen molar-refractivity contribution in [1.29, 1.82) is 0 Å². The van der Waals surface area contributed by atoms with Gasteiger partial charge in [0.15, 0.2) is 0 Å². The summed E-state index contributed by atoms with van der Waals surface area (Å²) in [5, 5.41) is 3.25. The fraction of sp³-hybridized carbons (Fsp3) is 0.500. The molecule has 1 aliphatic heterocycles. The maximum Gasteiger partial charge on any atom is 0.0642 e. The Morgan fingerprint density at radius 2 is 1.93 bits per heavy atom. The van der Waals surface area contributed by atoms with Crippen LogP contribution in [0.15, 0.2) is 35.7 Å². The molecule has 3 heteroatoms. The fourth-order valence-corrected chi connectivity index (χ4v) is 1.91. The maximum atomic E-state index is 5.36. The summed E-state index contributed by atoms with van der Waals surface area (Å²) in [6.45, 7) is 3.63. The number of morpholine rings is 1. The molecule has 2 rings (SSSR count). The van der Waals surface area contributed by atoms with E-state index >= 15 is 0 Å². The number of hydrogen-bond acceptors (Lipinski definition) is 3. The Morgan fingerprint density at radius 3 is 2.67 bits per heavy atom. The summed E-state index contributed by atoms with van der Waals surface area (Å²) in [5.74, 6) is 0. The number of allylic oxidation sites excluding steroid dienone is 4. The quantitative estimate of drug-likeness (QED) is 0.736. The number of nitrogens with zero attached hydrogens (tertiary/aromatic N) is 1. The average Bonchev–Trinajstić information content (AvgIpc) is 2.55. The number of nitrogens with one attached hydrogen (secondary N) is 1. The van der Waals surface area contributed by atoms with E-state index in [1.807, 2.05) is 7.05 Å². The Balaban J connectivity index is 2.21. The number of ether oxygens (including phenoxy) is 1. The zero-order valence-corrected chi connectivity index (χ0v) is 9.20. The average molecular weight is 206 g/mol. The SMILES string of the molecule is CNC1=C(N2CCOCC2)C=CCC=C1. The van der Waals surface area contributed by atoms with Gasteiger partial charge in [-0.25, -0.2) is 0 Å². The summed E-state index contributed by atoms with van der Waals surface area (Å²) in [4.78, 5) is 2.38. The normalized spacial score (nSPS) is 21.8. The van der Waals surface area contributed by atoms with Gasteiger partial charge in [0, 0.05) is 20.1 Å². The highest BCUT2D eigenvalue weighted by Gasteiger charge is 2.14. The van der Waals surface area contributed by atoms with E-state index < -0.39 is 0 Å². The van der Waals surface area contributed by atoms with Gasteiger partial charge in [-0.15, -0.1) is 0 Å². The minimum absolute atomic E-state index is 0.831. The smallest absolute Gasteiger partial charge is 0.0642 e. The summed E-state index contributed by atoms with van der Waals surface area (Å²) in [5.41, 5.74) is 2.49. The van der Waals surface area contributed by atoms with Crippen LogP contribution in [-0.2, 0) is 4.74 Å². The lowest BCUT2D eigenvalue weighted by Gasteiger charge is -2.30. The monoisotopic (exact) mass is 206 g/mol. The van der Waals surface area contributed by atoms with Crippen molar-refractivity contribution in [2.24, 2.45) is 0 Å². The van der Waals surface area contributed by atoms with Crippen LogP contribution in [-0.4, -0.2) is 38.3 Å². The minimum atomic E-state index is 0.831. The van der Waals surface area contributed by atoms with E-state index in [2.05, 4.69) is 34.5 Å². The van der Waals surface area contributed by atoms with Crippen LogP contribution in [0.3, 0.4) is 0 Å². The lowest BCUT2D eigenvalue weighted by molar-refractivity contribution is 0.0549. The number of rotatable bonds is 2. The third kappa shape index (κ3) is 2.42. The topological polar surface area (TPSA) is 24.5 Å². The molecular weight excluding hydrogens is 188 g/mol. The lowest BCUT2D eigenvalue weighted by atomic mass is 10.2. The number of likely N-dealkylation sites (N-methyl/N-ethyl adjacent to an activating group) is 1. The van der Waals surface area contributed by atoms with Crippen molar-refractivity contribution < 1.29 is 4.74 Å². The second kappa shape index (κ2) is 5.03. The highest BCUT2D eigenvalue weighted by molar-refractivity contribution is 5.34. The Morgan fingerprint density at radius 1 is 1.20 bits per heavy atom. The molecule has 2 aliphatic rings. The van der Waals surface area contributed by atoms with Gasteiger partial charge >= 0.3 is 0 Å². The molecule has 0 radical (unpaired) electrons. The van der Waals surface area contributed by atoms with Crippen LogP contribution in [0.25, 0.3) is 0 Å². The third-order valence-corrected chi connectivity index (χ3v) is 2.73. The predicted octanol–water partition coefficient (Wildman–Crippen LogP) is 1.27. The van der Waals surface area contributed by atoms with Gasteiger partial charge in [0.2, 0.25) is 0 Å². The molecule has 0 atom stereocenters. The predicted molar refractivity (Wildman–Crippen MR) is 61.4 cm³/mol. The molecule has 3 nitrogen and oxygen atoms in total. The molecular formula is C12H18N2O. The third-order valence-electron chi connectivity index (χ3n) is 2.73. The summed E-state index contributed by atoms with van der Waals surface area (Å²) in [6, 6.07) is 0. The van der Waals surface area contributed by atoms with Crippen molar-refractivity contribution in [3.8, 4) is 0 Å². The summed E-state index contributed by atoms with van der Waals surface area (Å²) in [7, 11) is 1.97. The van der Waals surface area contributed by atoms with Gasteiger partial charge in [-0.1, -0.05) is 12.2 Å². The van der Waals surface area contributed by atoms with Gasteiger partial charge in [0.25, 0.3) is 0 Å². The Bertz CT molecular complexity index is 299. The van der Waals surface area contributed by atoms with Crippen molar-refractivity contribution in [3.63, 3.8) is 0 Å². The molecule has 0 saturated carbocycles. The lowest BCUT2D eigenvalue weighted by Crippen LogP contribution is -2.36. The van der Waals surface area contributed by atoms with Crippen LogP contribution in [0.5, 0.6) is 0 Å². The van der Waals surface area contributed by atoms with E-state index in [0.29, 0.717) is 0 Å². The minimum Gasteiger partial charge on any atom is -0.386 e. The molecule has 1 fully saturated rings. The van der Waals surface area contributed by atoms with E-state index in [0.717, 1.165) is 32.7 Å². The van der Waals surface area contributed by atoms with Crippen LogP contribution < -0.4 is 5.32 Å². The second-order valence-electron chi connectivity index (χ2n) is 3.69. The molecule has 0 spiro atoms. The van der Waals surface area contributed by atoms with Gasteiger partial charge in [-0.2, -0.15) is 0 Å². The molecule has 1 N–H and O–H groups in total. The van der Waals surface area contributed by atoms with Crippen molar-refractivity contribution in [1.82, 2.24) is 10.2 Å². The van der Waals surface area contributed by atoms with Crippen molar-refractivity contribution in [3.05, 3.63) is 35.7 Å². The van der Waals surface area contributed by atoms with Crippen molar-refractivity contribution >= 4 is 0 Å². The van der Waals surface area contributed by atoms with Crippen LogP contribution in [0, 0.1) is 0 Å². The molecule has 1 heterocycles. The van der Waals surface area contributed by atoms with Gasteiger partial charge in [-0.05, 0) is 18.6 Å². The van der Waals surface area contributed by atoms with E-state index in [9.17, 15) is 0 Å². The van der Waals surface area contributed by atoms with E-state index in [1.165, 1.54) is 11.4 Å². The van der Waals surface area contributed by atoms with Gasteiger partial charge in [-0.3, -0.25) is 0 Å². The summed E-state index contributed by atoms with van der Waals surface area (Å²) in [6.07, 6.45) is 9.75. The zero-order valence-electron chi connectivity index (χ0n) is 9.20. The maximum absolute atomic E-state index is 5.36. The molecule has 0 aromatic heterocycles. The Kier molecular flexibility index (Phi) is 3.45. The first-order chi connectivity index (χ1) is 7.42. The standard InChI is InChI=1S/C12H18N2O/c1-13-11-5-3-2-4-6-12(11)14-7-9-15-10-8-14/h3-6,13H,2,7-10H2,1H3. The molecule has 0 aromatic carbocycles. The van der Waals surface area contributed by atoms with Gasteiger partial charge in [0.1, 0.15) is 0 Å². The first-order valence-electron chi connectivity index (χ1n) is 5.49. The van der Waals surface area contributed by atoms with Crippen LogP contribution >= 0.6 is 0 Å². The Hall–Kier alpha value is -1.22. The van der Waals surface area contributed by atoms with Crippen LogP contribution in [0.1, 0.15) is 6.42 Å². The van der Waals surface area contributed by atoms with Gasteiger partial charge < -0.3 is 15.0 Å². The summed E-state index contributed by atoms with van der Waals surface area (Å²) >= 11 is 0. The molecule has 82 valence electrons. The molecule has 0 aromatic rings. The van der Waals surface area contributed by atoms with Crippen LogP contribution in [0.2, 0.25) is 0 Å². The Labute approximate surface area is 91.1 Å². The summed E-state index contributed by atoms with van der Waals surface area (Å²) < 4.78 is 5.36. The molecule has 1 aliphatic carbocycles. The molecule has 0 bridgehead atoms. The largest absolute Gasteiger partial charge is 0.386 e. The van der Waals surface area contributed by atoms with Gasteiger partial charge in [0.05, 0.1) is 24.6 Å². The first kappa shape index (κ1) is 10.3. The van der Waals surface area contributed by atoms with Crippen molar-refractivity contribution in [2.45, 2.75) is 6.42 Å². The molecule has 15 heavy (non-hydrogen) atoms. The zero-order chi connectivity index (χ0) is 10.5. The van der Waals surface area contributed by atoms with Crippen molar-refractivity contribution in [2.75, 3.05) is 33.4 Å². The molecule has 1 saturated heterocycles. The first-order valence-corrected chi connectivity index (χ1v) is 5.49. The second-order valence-corrected chi connectivity index (χ2v) is 3.69.